The molecule has 0 aliphatic carbocycles. The molecule has 0 saturated carbocycles. The number of carbonyl (C=O) groups is 1. The van der Waals surface area contributed by atoms with Crippen molar-refractivity contribution in [2.24, 2.45) is 0 Å². The standard InChI is InChI=1S/C20H15ClN4O2/c1-11-3-4-13(10-23-11)5-7-15-12(2)24-20(22)25-18(15)14-6-8-16(19(26)27)17(21)9-14/h3-4,6,8-10H,1-2H3,(H,26,27)(H2,22,24,25). The van der Waals surface area contributed by atoms with Gasteiger partial charge in [-0.3, -0.25) is 4.98 Å². The summed E-state index contributed by atoms with van der Waals surface area (Å²) in [5.41, 5.74) is 9.76. The van der Waals surface area contributed by atoms with E-state index in [0.29, 0.717) is 22.5 Å². The predicted molar refractivity (Wildman–Crippen MR) is 104 cm³/mol. The van der Waals surface area contributed by atoms with Crippen molar-refractivity contribution in [3.8, 4) is 23.1 Å². The first-order chi connectivity index (χ1) is 12.8. The van der Waals surface area contributed by atoms with Gasteiger partial charge >= 0.3 is 5.97 Å². The quantitative estimate of drug-likeness (QED) is 0.662. The van der Waals surface area contributed by atoms with Crippen LogP contribution in [0.15, 0.2) is 36.5 Å². The summed E-state index contributed by atoms with van der Waals surface area (Å²) < 4.78 is 0. The molecule has 0 amide bonds. The Hall–Kier alpha value is -3.43. The average molecular weight is 379 g/mol. The highest BCUT2D eigenvalue weighted by molar-refractivity contribution is 6.33. The fourth-order valence-electron chi connectivity index (χ4n) is 2.47. The van der Waals surface area contributed by atoms with E-state index < -0.39 is 5.97 Å². The number of nitrogen functional groups attached to an aromatic ring is 1. The van der Waals surface area contributed by atoms with Crippen molar-refractivity contribution in [2.45, 2.75) is 13.8 Å². The van der Waals surface area contributed by atoms with Gasteiger partial charge in [-0.2, -0.15) is 0 Å². The smallest absolute Gasteiger partial charge is 0.337 e. The summed E-state index contributed by atoms with van der Waals surface area (Å²) in [5, 5.41) is 9.25. The molecule has 0 bridgehead atoms. The van der Waals surface area contributed by atoms with Crippen LogP contribution in [0.2, 0.25) is 5.02 Å². The lowest BCUT2D eigenvalue weighted by Crippen LogP contribution is -2.03. The molecule has 27 heavy (non-hydrogen) atoms. The molecule has 3 rings (SSSR count). The first-order valence-electron chi connectivity index (χ1n) is 7.97. The molecule has 1 aromatic carbocycles. The number of benzene rings is 1. The normalized spacial score (nSPS) is 10.2. The van der Waals surface area contributed by atoms with Gasteiger partial charge in [0.25, 0.3) is 0 Å². The molecule has 3 N–H and O–H groups in total. The Morgan fingerprint density at radius 1 is 1.15 bits per heavy atom. The predicted octanol–water partition coefficient (Wildman–Crippen LogP) is 3.49. The lowest BCUT2D eigenvalue weighted by Gasteiger charge is -2.09. The maximum atomic E-state index is 11.2. The SMILES string of the molecule is Cc1ccc(C#Cc2c(C)nc(N)nc2-c2ccc(C(=O)O)c(Cl)c2)cn1. The number of hydrogen-bond acceptors (Lipinski definition) is 5. The van der Waals surface area contributed by atoms with Crippen molar-refractivity contribution >= 4 is 23.5 Å². The van der Waals surface area contributed by atoms with Crippen molar-refractivity contribution in [2.75, 3.05) is 5.73 Å². The summed E-state index contributed by atoms with van der Waals surface area (Å²) >= 11 is 6.09. The van der Waals surface area contributed by atoms with Crippen LogP contribution in [0, 0.1) is 25.7 Å². The average Bonchev–Trinajstić information content (AvgIpc) is 2.61. The molecule has 2 heterocycles. The third-order valence-corrected chi connectivity index (χ3v) is 4.14. The Labute approximate surface area is 161 Å². The second-order valence-electron chi connectivity index (χ2n) is 5.83. The second-order valence-corrected chi connectivity index (χ2v) is 6.24. The lowest BCUT2D eigenvalue weighted by molar-refractivity contribution is 0.0697. The first-order valence-corrected chi connectivity index (χ1v) is 8.35. The Morgan fingerprint density at radius 3 is 2.56 bits per heavy atom. The maximum Gasteiger partial charge on any atom is 0.337 e. The summed E-state index contributed by atoms with van der Waals surface area (Å²) in [6.07, 6.45) is 1.69. The lowest BCUT2D eigenvalue weighted by atomic mass is 10.0. The van der Waals surface area contributed by atoms with E-state index in [9.17, 15) is 4.79 Å². The van der Waals surface area contributed by atoms with Crippen LogP contribution in [0.5, 0.6) is 0 Å². The van der Waals surface area contributed by atoms with Crippen LogP contribution in [0.4, 0.5) is 5.95 Å². The summed E-state index contributed by atoms with van der Waals surface area (Å²) in [7, 11) is 0. The zero-order valence-corrected chi connectivity index (χ0v) is 15.4. The Kier molecular flexibility index (Phi) is 5.06. The number of carboxylic acids is 1. The Bertz CT molecular complexity index is 1100. The van der Waals surface area contributed by atoms with Crippen LogP contribution in [0.3, 0.4) is 0 Å². The van der Waals surface area contributed by atoms with Crippen molar-refractivity contribution in [1.29, 1.82) is 0 Å². The maximum absolute atomic E-state index is 11.2. The third kappa shape index (κ3) is 4.05. The summed E-state index contributed by atoms with van der Waals surface area (Å²) in [6.45, 7) is 3.68. The van der Waals surface area contributed by atoms with Crippen LogP contribution >= 0.6 is 11.6 Å². The molecule has 3 aromatic rings. The number of pyridine rings is 1. The molecular formula is C20H15ClN4O2. The molecule has 0 aliphatic rings. The molecule has 0 unspecified atom stereocenters. The number of nitrogens with zero attached hydrogens (tertiary/aromatic N) is 3. The molecule has 6 nitrogen and oxygen atoms in total. The highest BCUT2D eigenvalue weighted by Gasteiger charge is 2.15. The van der Waals surface area contributed by atoms with Crippen molar-refractivity contribution in [3.63, 3.8) is 0 Å². The van der Waals surface area contributed by atoms with E-state index >= 15 is 0 Å². The fraction of sp³-hybridized carbons (Fsp3) is 0.100. The largest absolute Gasteiger partial charge is 0.478 e. The minimum atomic E-state index is -1.10. The van der Waals surface area contributed by atoms with E-state index in [-0.39, 0.29) is 16.5 Å². The highest BCUT2D eigenvalue weighted by Crippen LogP contribution is 2.28. The van der Waals surface area contributed by atoms with Crippen molar-refractivity contribution < 1.29 is 9.90 Å². The van der Waals surface area contributed by atoms with Crippen LogP contribution in [-0.2, 0) is 0 Å². The number of nitrogens with two attached hydrogens (primary N) is 1. The third-order valence-electron chi connectivity index (χ3n) is 3.82. The van der Waals surface area contributed by atoms with Gasteiger partial charge < -0.3 is 10.8 Å². The monoisotopic (exact) mass is 378 g/mol. The molecule has 2 aromatic heterocycles. The van der Waals surface area contributed by atoms with Gasteiger partial charge in [-0.25, -0.2) is 14.8 Å². The number of anilines is 1. The van der Waals surface area contributed by atoms with Crippen LogP contribution in [0.1, 0.15) is 32.9 Å². The van der Waals surface area contributed by atoms with E-state index in [1.54, 1.807) is 19.2 Å². The molecule has 0 atom stereocenters. The molecule has 0 saturated heterocycles. The van der Waals surface area contributed by atoms with Gasteiger partial charge in [0.2, 0.25) is 5.95 Å². The zero-order valence-electron chi connectivity index (χ0n) is 14.6. The fourth-order valence-corrected chi connectivity index (χ4v) is 2.73. The highest BCUT2D eigenvalue weighted by atomic mass is 35.5. The summed E-state index contributed by atoms with van der Waals surface area (Å²) in [6, 6.07) is 8.33. The van der Waals surface area contributed by atoms with Gasteiger partial charge in [0, 0.05) is 23.0 Å². The number of aromatic carboxylic acids is 1. The van der Waals surface area contributed by atoms with Gasteiger partial charge in [0.1, 0.15) is 0 Å². The number of rotatable bonds is 2. The summed E-state index contributed by atoms with van der Waals surface area (Å²) in [5.74, 6) is 5.11. The van der Waals surface area contributed by atoms with E-state index in [1.165, 1.54) is 12.1 Å². The minimum absolute atomic E-state index is 0.0116. The number of halogens is 1. The van der Waals surface area contributed by atoms with Crippen molar-refractivity contribution in [1.82, 2.24) is 15.0 Å². The van der Waals surface area contributed by atoms with Gasteiger partial charge in [-0.15, -0.1) is 0 Å². The molecule has 0 aliphatic heterocycles. The topological polar surface area (TPSA) is 102 Å². The number of carboxylic acid groups (broad SMARTS) is 1. The van der Waals surface area contributed by atoms with Gasteiger partial charge in [-0.05, 0) is 38.1 Å². The van der Waals surface area contributed by atoms with E-state index in [4.69, 9.17) is 22.4 Å². The van der Waals surface area contributed by atoms with Crippen LogP contribution in [0.25, 0.3) is 11.3 Å². The van der Waals surface area contributed by atoms with Crippen molar-refractivity contribution in [3.05, 3.63) is 69.6 Å². The molecule has 0 spiro atoms. The van der Waals surface area contributed by atoms with E-state index in [1.807, 2.05) is 19.1 Å². The first kappa shape index (κ1) is 18.4. The van der Waals surface area contributed by atoms with E-state index in [0.717, 1.165) is 11.3 Å². The van der Waals surface area contributed by atoms with Gasteiger partial charge in [0.05, 0.1) is 27.5 Å². The number of aromatic nitrogens is 3. The molecule has 7 heteroatoms. The second kappa shape index (κ2) is 7.44. The minimum Gasteiger partial charge on any atom is -0.478 e. The summed E-state index contributed by atoms with van der Waals surface area (Å²) in [4.78, 5) is 23.9. The molecule has 0 radical (unpaired) electrons. The van der Waals surface area contributed by atoms with E-state index in [2.05, 4.69) is 26.8 Å². The van der Waals surface area contributed by atoms with Gasteiger partial charge in [-0.1, -0.05) is 29.5 Å². The van der Waals surface area contributed by atoms with Gasteiger partial charge in [0.15, 0.2) is 0 Å². The number of hydrogen-bond donors (Lipinski definition) is 2. The molecular weight excluding hydrogens is 364 g/mol. The molecule has 134 valence electrons. The Balaban J connectivity index is 2.13. The van der Waals surface area contributed by atoms with Crippen LogP contribution in [-0.4, -0.2) is 26.0 Å². The molecule has 0 fully saturated rings. The zero-order chi connectivity index (χ0) is 19.6. The number of aryl methyl sites for hydroxylation is 2. The van der Waals surface area contributed by atoms with Crippen LogP contribution < -0.4 is 5.73 Å². The Morgan fingerprint density at radius 2 is 1.93 bits per heavy atom.